The van der Waals surface area contributed by atoms with E-state index in [-0.39, 0.29) is 5.91 Å². The molecular weight excluding hydrogens is 256 g/mol. The summed E-state index contributed by atoms with van der Waals surface area (Å²) in [5.74, 6) is 0.172. The number of para-hydroxylation sites is 1. The third kappa shape index (κ3) is 4.31. The molecule has 3 nitrogen and oxygen atoms in total. The number of carbonyl (C=O) groups excluding carboxylic acids is 1. The number of rotatable bonds is 7. The van der Waals surface area contributed by atoms with Crippen molar-refractivity contribution in [2.24, 2.45) is 0 Å². The third-order valence-corrected chi connectivity index (χ3v) is 4.05. The Kier molecular flexibility index (Phi) is 5.33. The zero-order valence-corrected chi connectivity index (χ0v) is 12.1. The second kappa shape index (κ2) is 7.24. The summed E-state index contributed by atoms with van der Waals surface area (Å²) in [4.78, 5) is 16.0. The normalized spacial score (nSPS) is 10.8. The van der Waals surface area contributed by atoms with Gasteiger partial charge in [0.2, 0.25) is 5.91 Å². The highest BCUT2D eigenvalue weighted by Gasteiger charge is 2.04. The third-order valence-electron chi connectivity index (χ3n) is 2.95. The maximum Gasteiger partial charge on any atom is 0.219 e. The van der Waals surface area contributed by atoms with Gasteiger partial charge in [-0.1, -0.05) is 19.1 Å². The molecular formula is C15H20N2OS. The molecule has 1 aromatic carbocycles. The quantitative estimate of drug-likeness (QED) is 0.786. The number of unbranched alkanes of at least 4 members (excludes halogenated alkanes) is 1. The van der Waals surface area contributed by atoms with Gasteiger partial charge in [-0.05, 0) is 37.8 Å². The summed E-state index contributed by atoms with van der Waals surface area (Å²) in [5.41, 5.74) is 1.09. The second-order valence-electron chi connectivity index (χ2n) is 4.63. The van der Waals surface area contributed by atoms with Crippen LogP contribution in [0.3, 0.4) is 0 Å². The molecule has 1 heterocycles. The van der Waals surface area contributed by atoms with Crippen molar-refractivity contribution in [3.8, 4) is 0 Å². The zero-order valence-electron chi connectivity index (χ0n) is 11.3. The molecule has 4 heteroatoms. The van der Waals surface area contributed by atoms with Crippen molar-refractivity contribution in [1.29, 1.82) is 0 Å². The second-order valence-corrected chi connectivity index (χ2v) is 5.75. The summed E-state index contributed by atoms with van der Waals surface area (Å²) in [6.45, 7) is 2.85. The molecule has 0 unspecified atom stereocenters. The SMILES string of the molecule is CCCNC(=O)CCCCc1nc2ccccc2s1. The van der Waals surface area contributed by atoms with Gasteiger partial charge in [0.25, 0.3) is 0 Å². The van der Waals surface area contributed by atoms with E-state index in [1.165, 1.54) is 9.71 Å². The number of amides is 1. The smallest absolute Gasteiger partial charge is 0.219 e. The molecule has 0 saturated carbocycles. The molecule has 1 N–H and O–H groups in total. The Labute approximate surface area is 118 Å². The Morgan fingerprint density at radius 3 is 2.95 bits per heavy atom. The van der Waals surface area contributed by atoms with Gasteiger partial charge in [-0.15, -0.1) is 11.3 Å². The highest BCUT2D eigenvalue weighted by Crippen LogP contribution is 2.22. The summed E-state index contributed by atoms with van der Waals surface area (Å²) in [6, 6.07) is 8.22. The molecule has 1 aromatic heterocycles. The highest BCUT2D eigenvalue weighted by atomic mass is 32.1. The Hall–Kier alpha value is -1.42. The fraction of sp³-hybridized carbons (Fsp3) is 0.467. The topological polar surface area (TPSA) is 42.0 Å². The number of aryl methyl sites for hydroxylation is 1. The standard InChI is InChI=1S/C15H20N2OS/c1-2-11-16-14(18)9-5-6-10-15-17-12-7-3-4-8-13(12)19-15/h3-4,7-8H,2,5-6,9-11H2,1H3,(H,16,18). The van der Waals surface area contributed by atoms with E-state index in [1.807, 2.05) is 18.2 Å². The first-order chi connectivity index (χ1) is 9.29. The fourth-order valence-electron chi connectivity index (χ4n) is 1.94. The number of carbonyl (C=O) groups is 1. The molecule has 0 radical (unpaired) electrons. The molecule has 0 saturated heterocycles. The summed E-state index contributed by atoms with van der Waals surface area (Å²) < 4.78 is 1.25. The van der Waals surface area contributed by atoms with E-state index in [4.69, 9.17) is 0 Å². The Morgan fingerprint density at radius 1 is 1.32 bits per heavy atom. The summed E-state index contributed by atoms with van der Waals surface area (Å²) in [5, 5.41) is 4.08. The van der Waals surface area contributed by atoms with Gasteiger partial charge in [-0.3, -0.25) is 4.79 Å². The van der Waals surface area contributed by atoms with Crippen LogP contribution in [0.5, 0.6) is 0 Å². The number of benzene rings is 1. The summed E-state index contributed by atoms with van der Waals surface area (Å²) in [7, 11) is 0. The molecule has 0 aliphatic rings. The molecule has 102 valence electrons. The lowest BCUT2D eigenvalue weighted by atomic mass is 10.2. The maximum atomic E-state index is 11.4. The number of hydrogen-bond donors (Lipinski definition) is 1. The first kappa shape index (κ1) is 14.0. The Morgan fingerprint density at radius 2 is 2.16 bits per heavy atom. The number of hydrogen-bond acceptors (Lipinski definition) is 3. The lowest BCUT2D eigenvalue weighted by molar-refractivity contribution is -0.121. The monoisotopic (exact) mass is 276 g/mol. The minimum atomic E-state index is 0.172. The molecule has 2 aromatic rings. The van der Waals surface area contributed by atoms with Crippen LogP contribution < -0.4 is 5.32 Å². The van der Waals surface area contributed by atoms with Crippen LogP contribution in [-0.4, -0.2) is 17.4 Å². The van der Waals surface area contributed by atoms with Gasteiger partial charge in [-0.2, -0.15) is 0 Å². The van der Waals surface area contributed by atoms with Gasteiger partial charge in [0.1, 0.15) is 0 Å². The average molecular weight is 276 g/mol. The van der Waals surface area contributed by atoms with E-state index in [0.29, 0.717) is 6.42 Å². The number of nitrogens with one attached hydrogen (secondary N) is 1. The van der Waals surface area contributed by atoms with Crippen LogP contribution in [-0.2, 0) is 11.2 Å². The number of nitrogens with zero attached hydrogens (tertiary/aromatic N) is 1. The Balaban J connectivity index is 1.72. The average Bonchev–Trinajstić information content (AvgIpc) is 2.84. The van der Waals surface area contributed by atoms with Gasteiger partial charge in [0.05, 0.1) is 15.2 Å². The van der Waals surface area contributed by atoms with Gasteiger partial charge in [-0.25, -0.2) is 4.98 Å². The first-order valence-corrected chi connectivity index (χ1v) is 7.72. The van der Waals surface area contributed by atoms with Crippen molar-refractivity contribution in [2.45, 2.75) is 39.0 Å². The van der Waals surface area contributed by atoms with E-state index in [2.05, 4.69) is 23.3 Å². The predicted octanol–water partition coefficient (Wildman–Crippen LogP) is 3.54. The molecule has 2 rings (SSSR count). The van der Waals surface area contributed by atoms with Crippen molar-refractivity contribution >= 4 is 27.5 Å². The minimum Gasteiger partial charge on any atom is -0.356 e. The molecule has 0 fully saturated rings. The van der Waals surface area contributed by atoms with Crippen LogP contribution in [0.15, 0.2) is 24.3 Å². The predicted molar refractivity (Wildman–Crippen MR) is 80.5 cm³/mol. The van der Waals surface area contributed by atoms with Crippen LogP contribution in [0, 0.1) is 0 Å². The van der Waals surface area contributed by atoms with E-state index in [1.54, 1.807) is 11.3 Å². The van der Waals surface area contributed by atoms with Crippen LogP contribution in [0.1, 0.15) is 37.6 Å². The van der Waals surface area contributed by atoms with Crippen molar-refractivity contribution in [1.82, 2.24) is 10.3 Å². The molecule has 0 bridgehead atoms. The van der Waals surface area contributed by atoms with Crippen molar-refractivity contribution < 1.29 is 4.79 Å². The van der Waals surface area contributed by atoms with Crippen LogP contribution in [0.4, 0.5) is 0 Å². The fourth-order valence-corrected chi connectivity index (χ4v) is 2.95. The van der Waals surface area contributed by atoms with Crippen molar-refractivity contribution in [2.75, 3.05) is 6.54 Å². The number of thiazole rings is 1. The Bertz CT molecular complexity index is 503. The van der Waals surface area contributed by atoms with Crippen LogP contribution in [0.2, 0.25) is 0 Å². The molecule has 0 spiro atoms. The lowest BCUT2D eigenvalue weighted by Crippen LogP contribution is -2.23. The van der Waals surface area contributed by atoms with Gasteiger partial charge in [0, 0.05) is 13.0 Å². The number of aromatic nitrogens is 1. The van der Waals surface area contributed by atoms with Crippen LogP contribution in [0.25, 0.3) is 10.2 Å². The lowest BCUT2D eigenvalue weighted by Gasteiger charge is -2.02. The molecule has 1 amide bonds. The minimum absolute atomic E-state index is 0.172. The first-order valence-electron chi connectivity index (χ1n) is 6.90. The maximum absolute atomic E-state index is 11.4. The largest absolute Gasteiger partial charge is 0.356 e. The van der Waals surface area contributed by atoms with Crippen molar-refractivity contribution in [3.63, 3.8) is 0 Å². The van der Waals surface area contributed by atoms with Gasteiger partial charge >= 0.3 is 0 Å². The highest BCUT2D eigenvalue weighted by molar-refractivity contribution is 7.18. The molecule has 0 atom stereocenters. The molecule has 0 aliphatic heterocycles. The molecule has 0 aliphatic carbocycles. The van der Waals surface area contributed by atoms with E-state index in [0.717, 1.165) is 37.7 Å². The van der Waals surface area contributed by atoms with Crippen molar-refractivity contribution in [3.05, 3.63) is 29.3 Å². The number of fused-ring (bicyclic) bond motifs is 1. The van der Waals surface area contributed by atoms with Gasteiger partial charge < -0.3 is 5.32 Å². The van der Waals surface area contributed by atoms with E-state index < -0.39 is 0 Å². The van der Waals surface area contributed by atoms with Gasteiger partial charge in [0.15, 0.2) is 0 Å². The van der Waals surface area contributed by atoms with E-state index in [9.17, 15) is 4.79 Å². The summed E-state index contributed by atoms with van der Waals surface area (Å²) in [6.07, 6.45) is 4.56. The molecule has 19 heavy (non-hydrogen) atoms. The zero-order chi connectivity index (χ0) is 13.5. The van der Waals surface area contributed by atoms with Crippen LogP contribution >= 0.6 is 11.3 Å². The summed E-state index contributed by atoms with van der Waals surface area (Å²) >= 11 is 1.76. The van der Waals surface area contributed by atoms with E-state index >= 15 is 0 Å².